The zero-order valence-electron chi connectivity index (χ0n) is 15.2. The van der Waals surface area contributed by atoms with Crippen molar-refractivity contribution >= 4 is 39.2 Å². The number of amides is 2. The Balaban J connectivity index is 1.76. The van der Waals surface area contributed by atoms with Crippen LogP contribution in [0.2, 0.25) is 5.02 Å². The van der Waals surface area contributed by atoms with Crippen LogP contribution in [-0.2, 0) is 5.41 Å². The van der Waals surface area contributed by atoms with E-state index in [2.05, 4.69) is 47.3 Å². The van der Waals surface area contributed by atoms with Gasteiger partial charge in [-0.15, -0.1) is 0 Å². The number of urea groups is 1. The van der Waals surface area contributed by atoms with E-state index in [1.165, 1.54) is 0 Å². The molecule has 2 rings (SSSR count). The maximum atomic E-state index is 12.1. The monoisotopic (exact) mass is 438 g/mol. The number of rotatable bonds is 6. The molecule has 0 aliphatic rings. The van der Waals surface area contributed by atoms with Crippen LogP contribution in [0.15, 0.2) is 46.9 Å². The van der Waals surface area contributed by atoms with Gasteiger partial charge in [-0.25, -0.2) is 4.79 Å². The molecular weight excluding hydrogens is 416 g/mol. The molecule has 0 heterocycles. The van der Waals surface area contributed by atoms with E-state index in [-0.39, 0.29) is 11.4 Å². The van der Waals surface area contributed by atoms with Gasteiger partial charge in [-0.1, -0.05) is 66.5 Å². The number of nitrogens with one attached hydrogen (secondary N) is 2. The third kappa shape index (κ3) is 6.22. The maximum absolute atomic E-state index is 12.1. The number of ether oxygens (including phenoxy) is 1. The van der Waals surface area contributed by atoms with Crippen LogP contribution in [0.5, 0.6) is 5.75 Å². The first-order valence-corrected chi connectivity index (χ1v) is 9.66. The van der Waals surface area contributed by atoms with Gasteiger partial charge in [0, 0.05) is 16.7 Å². The molecule has 0 bridgehead atoms. The highest BCUT2D eigenvalue weighted by Gasteiger charge is 2.18. The van der Waals surface area contributed by atoms with Crippen molar-refractivity contribution in [1.29, 1.82) is 0 Å². The zero-order chi connectivity index (χ0) is 19.2. The van der Waals surface area contributed by atoms with Crippen molar-refractivity contribution in [3.63, 3.8) is 0 Å². The molecule has 0 radical (unpaired) electrons. The number of anilines is 1. The predicted molar refractivity (Wildman–Crippen MR) is 111 cm³/mol. The van der Waals surface area contributed by atoms with E-state index < -0.39 is 0 Å². The molecule has 0 unspecified atom stereocenters. The molecule has 2 N–H and O–H groups in total. The Kier molecular flexibility index (Phi) is 7.35. The third-order valence-electron chi connectivity index (χ3n) is 3.74. The predicted octanol–water partition coefficient (Wildman–Crippen LogP) is 5.99. The lowest BCUT2D eigenvalue weighted by atomic mass is 9.86. The molecule has 2 aromatic rings. The maximum Gasteiger partial charge on any atom is 0.319 e. The van der Waals surface area contributed by atoms with Gasteiger partial charge < -0.3 is 15.4 Å². The van der Waals surface area contributed by atoms with Gasteiger partial charge in [-0.05, 0) is 41.7 Å². The first-order valence-electron chi connectivity index (χ1n) is 8.49. The van der Waals surface area contributed by atoms with E-state index in [9.17, 15) is 4.79 Å². The van der Waals surface area contributed by atoms with Crippen LogP contribution in [0.3, 0.4) is 0 Å². The Morgan fingerprint density at radius 1 is 1.19 bits per heavy atom. The molecule has 140 valence electrons. The lowest BCUT2D eigenvalue weighted by Crippen LogP contribution is -2.31. The lowest BCUT2D eigenvalue weighted by Gasteiger charge is -2.23. The summed E-state index contributed by atoms with van der Waals surface area (Å²) >= 11 is 9.45. The number of hydrogen-bond donors (Lipinski definition) is 2. The van der Waals surface area contributed by atoms with E-state index in [1.807, 2.05) is 36.4 Å². The fraction of sp³-hybridized carbons (Fsp3) is 0.350. The van der Waals surface area contributed by atoms with Crippen LogP contribution in [0.4, 0.5) is 10.5 Å². The zero-order valence-corrected chi connectivity index (χ0v) is 17.6. The minimum absolute atomic E-state index is 0.0400. The Hall–Kier alpha value is -1.72. The molecule has 4 nitrogen and oxygen atoms in total. The second kappa shape index (κ2) is 9.28. The highest BCUT2D eigenvalue weighted by molar-refractivity contribution is 9.10. The Morgan fingerprint density at radius 3 is 2.62 bits per heavy atom. The van der Waals surface area contributed by atoms with E-state index in [4.69, 9.17) is 16.3 Å². The minimum Gasteiger partial charge on any atom is -0.492 e. The topological polar surface area (TPSA) is 50.4 Å². The van der Waals surface area contributed by atoms with Crippen molar-refractivity contribution in [2.75, 3.05) is 18.5 Å². The summed E-state index contributed by atoms with van der Waals surface area (Å²) in [4.78, 5) is 12.1. The van der Waals surface area contributed by atoms with Crippen LogP contribution in [-0.4, -0.2) is 19.2 Å². The summed E-state index contributed by atoms with van der Waals surface area (Å²) in [6.07, 6.45) is 0.681. The molecular formula is C20H24BrClN2O2. The second-order valence-electron chi connectivity index (χ2n) is 6.95. The molecule has 0 aliphatic heterocycles. The van der Waals surface area contributed by atoms with Crippen LogP contribution in [0, 0.1) is 0 Å². The molecule has 0 aromatic heterocycles. The second-order valence-corrected chi connectivity index (χ2v) is 8.28. The number of benzene rings is 2. The number of halogens is 2. The van der Waals surface area contributed by atoms with Gasteiger partial charge in [0.2, 0.25) is 0 Å². The summed E-state index contributed by atoms with van der Waals surface area (Å²) in [5.41, 5.74) is 1.89. The van der Waals surface area contributed by atoms with E-state index in [0.717, 1.165) is 15.7 Å². The summed E-state index contributed by atoms with van der Waals surface area (Å²) in [7, 11) is 0. The quantitative estimate of drug-likeness (QED) is 0.543. The van der Waals surface area contributed by atoms with Gasteiger partial charge in [0.05, 0.1) is 11.6 Å². The van der Waals surface area contributed by atoms with Crippen molar-refractivity contribution in [3.8, 4) is 5.75 Å². The van der Waals surface area contributed by atoms with Crippen molar-refractivity contribution in [1.82, 2.24) is 5.32 Å². The molecule has 2 amide bonds. The summed E-state index contributed by atoms with van der Waals surface area (Å²) in [6, 6.07) is 13.1. The van der Waals surface area contributed by atoms with Crippen molar-refractivity contribution in [2.24, 2.45) is 0 Å². The molecule has 0 atom stereocenters. The first kappa shape index (κ1) is 20.6. The normalized spacial score (nSPS) is 11.1. The number of para-hydroxylation sites is 1. The molecule has 26 heavy (non-hydrogen) atoms. The number of carbonyl (C=O) groups excluding carboxylic acids is 1. The number of carbonyl (C=O) groups is 1. The minimum atomic E-state index is -0.219. The van der Waals surface area contributed by atoms with Gasteiger partial charge in [0.15, 0.2) is 0 Å². The van der Waals surface area contributed by atoms with Gasteiger partial charge in [-0.3, -0.25) is 0 Å². The molecule has 0 saturated carbocycles. The fourth-order valence-corrected chi connectivity index (χ4v) is 3.19. The molecule has 2 aromatic carbocycles. The summed E-state index contributed by atoms with van der Waals surface area (Å²) in [5.74, 6) is 0.637. The highest BCUT2D eigenvalue weighted by atomic mass is 79.9. The van der Waals surface area contributed by atoms with Gasteiger partial charge in [0.25, 0.3) is 0 Å². The summed E-state index contributed by atoms with van der Waals surface area (Å²) in [5, 5.41) is 6.33. The van der Waals surface area contributed by atoms with Crippen LogP contribution in [0.1, 0.15) is 32.8 Å². The lowest BCUT2D eigenvalue weighted by molar-refractivity contribution is 0.250. The van der Waals surface area contributed by atoms with Gasteiger partial charge in [-0.2, -0.15) is 0 Å². The third-order valence-corrected chi connectivity index (χ3v) is 4.53. The van der Waals surface area contributed by atoms with Gasteiger partial charge in [0.1, 0.15) is 5.75 Å². The van der Waals surface area contributed by atoms with Crippen LogP contribution >= 0.6 is 27.5 Å². The Bertz CT molecular complexity index is 760. The van der Waals surface area contributed by atoms with Crippen LogP contribution in [0.25, 0.3) is 0 Å². The average Bonchev–Trinajstić information content (AvgIpc) is 2.56. The molecule has 0 fully saturated rings. The fourth-order valence-electron chi connectivity index (χ4n) is 2.46. The van der Waals surface area contributed by atoms with Crippen LogP contribution < -0.4 is 15.4 Å². The van der Waals surface area contributed by atoms with E-state index in [0.29, 0.717) is 30.3 Å². The smallest absolute Gasteiger partial charge is 0.319 e. The highest BCUT2D eigenvalue weighted by Crippen LogP contribution is 2.29. The molecule has 0 spiro atoms. The largest absolute Gasteiger partial charge is 0.492 e. The van der Waals surface area contributed by atoms with Crippen molar-refractivity contribution < 1.29 is 9.53 Å². The SMILES string of the molecule is CC(C)(C)c1ccccc1NC(=O)NCCCOc1ccc(Br)cc1Cl. The molecule has 6 heteroatoms. The summed E-state index contributed by atoms with van der Waals surface area (Å²) in [6.45, 7) is 7.35. The number of hydrogen-bond acceptors (Lipinski definition) is 2. The Morgan fingerprint density at radius 2 is 1.92 bits per heavy atom. The standard InChI is InChI=1S/C20H24BrClN2O2/c1-20(2,3)15-7-4-5-8-17(15)24-19(25)23-11-6-12-26-18-10-9-14(21)13-16(18)22/h4-5,7-10,13H,6,11-12H2,1-3H3,(H2,23,24,25). The molecule has 0 saturated heterocycles. The van der Waals surface area contributed by atoms with E-state index in [1.54, 1.807) is 6.07 Å². The molecule has 0 aliphatic carbocycles. The summed E-state index contributed by atoms with van der Waals surface area (Å²) < 4.78 is 6.54. The Labute approximate surface area is 168 Å². The van der Waals surface area contributed by atoms with Gasteiger partial charge >= 0.3 is 6.03 Å². The van der Waals surface area contributed by atoms with E-state index >= 15 is 0 Å². The van der Waals surface area contributed by atoms with Crippen molar-refractivity contribution in [3.05, 3.63) is 57.5 Å². The average molecular weight is 440 g/mol. The first-order chi connectivity index (χ1) is 12.3. The van der Waals surface area contributed by atoms with Crippen molar-refractivity contribution in [2.45, 2.75) is 32.6 Å².